The number of anilines is 1. The van der Waals surface area contributed by atoms with Gasteiger partial charge in [-0.25, -0.2) is 0 Å². The molecule has 2 aromatic rings. The van der Waals surface area contributed by atoms with Crippen LogP contribution in [0, 0.1) is 0 Å². The number of hydrogen-bond acceptors (Lipinski definition) is 3. The number of carbonyl (C=O) groups is 1. The molecule has 0 radical (unpaired) electrons. The van der Waals surface area contributed by atoms with Gasteiger partial charge in [0, 0.05) is 36.3 Å². The van der Waals surface area contributed by atoms with Gasteiger partial charge in [0.2, 0.25) is 0 Å². The quantitative estimate of drug-likeness (QED) is 0.826. The first-order valence-electron chi connectivity index (χ1n) is 9.07. The van der Waals surface area contributed by atoms with E-state index in [0.29, 0.717) is 16.0 Å². The molecular weight excluding hydrogens is 369 g/mol. The number of rotatable bonds is 4. The van der Waals surface area contributed by atoms with Gasteiger partial charge in [-0.1, -0.05) is 23.2 Å². The summed E-state index contributed by atoms with van der Waals surface area (Å²) in [6.07, 6.45) is 6.00. The average Bonchev–Trinajstić information content (AvgIpc) is 3.47. The van der Waals surface area contributed by atoms with Crippen molar-refractivity contribution in [2.75, 3.05) is 18.0 Å². The Morgan fingerprint density at radius 2 is 2.04 bits per heavy atom. The fourth-order valence-corrected chi connectivity index (χ4v) is 4.13. The van der Waals surface area contributed by atoms with Gasteiger partial charge in [-0.15, -0.1) is 0 Å². The van der Waals surface area contributed by atoms with E-state index < -0.39 is 0 Å². The first kappa shape index (κ1) is 17.6. The van der Waals surface area contributed by atoms with E-state index in [1.165, 1.54) is 0 Å². The monoisotopic (exact) mass is 389 g/mol. The van der Waals surface area contributed by atoms with E-state index in [4.69, 9.17) is 23.2 Å². The third-order valence-electron chi connectivity index (χ3n) is 5.05. The highest BCUT2D eigenvalue weighted by Gasteiger charge is 2.30. The van der Waals surface area contributed by atoms with Crippen LogP contribution in [0.25, 0.3) is 0 Å². The number of aromatic nitrogens is 1. The maximum absolute atomic E-state index is 12.8. The van der Waals surface area contributed by atoms with Gasteiger partial charge in [-0.3, -0.25) is 9.78 Å². The van der Waals surface area contributed by atoms with Crippen LogP contribution in [0.4, 0.5) is 5.69 Å². The van der Waals surface area contributed by atoms with E-state index in [1.54, 1.807) is 12.3 Å². The second-order valence-electron chi connectivity index (χ2n) is 7.06. The Balaban J connectivity index is 1.46. The van der Waals surface area contributed by atoms with Crippen molar-refractivity contribution in [3.05, 3.63) is 57.8 Å². The number of carbonyl (C=O) groups excluding carboxylic acids is 1. The molecule has 0 bridgehead atoms. The highest BCUT2D eigenvalue weighted by atomic mass is 35.5. The molecule has 136 valence electrons. The van der Waals surface area contributed by atoms with Gasteiger partial charge in [0.1, 0.15) is 0 Å². The summed E-state index contributed by atoms with van der Waals surface area (Å²) < 4.78 is 0. The van der Waals surface area contributed by atoms with Crippen LogP contribution in [-0.2, 0) is 0 Å². The van der Waals surface area contributed by atoms with Gasteiger partial charge in [-0.2, -0.15) is 0 Å². The van der Waals surface area contributed by atoms with Gasteiger partial charge in [-0.05, 0) is 56.0 Å². The summed E-state index contributed by atoms with van der Waals surface area (Å²) in [7, 11) is 0. The summed E-state index contributed by atoms with van der Waals surface area (Å²) in [5, 5.41) is 4.47. The van der Waals surface area contributed by atoms with Crippen LogP contribution in [0.5, 0.6) is 0 Å². The van der Waals surface area contributed by atoms with Gasteiger partial charge < -0.3 is 10.2 Å². The number of nitrogens with one attached hydrogen (secondary N) is 1. The Labute approximate surface area is 163 Å². The van der Waals surface area contributed by atoms with Crippen molar-refractivity contribution in [1.29, 1.82) is 0 Å². The zero-order chi connectivity index (χ0) is 18.1. The lowest BCUT2D eigenvalue weighted by Gasteiger charge is -2.35. The first-order valence-corrected chi connectivity index (χ1v) is 9.83. The van der Waals surface area contributed by atoms with Crippen LogP contribution < -0.4 is 10.2 Å². The molecule has 6 heteroatoms. The maximum Gasteiger partial charge on any atom is 0.253 e. The lowest BCUT2D eigenvalue weighted by atomic mass is 10.0. The van der Waals surface area contributed by atoms with Crippen LogP contribution in [0.1, 0.15) is 47.7 Å². The second-order valence-corrected chi connectivity index (χ2v) is 7.91. The predicted molar refractivity (Wildman–Crippen MR) is 105 cm³/mol. The summed E-state index contributed by atoms with van der Waals surface area (Å²) in [5.41, 5.74) is 2.63. The normalized spacial score (nSPS) is 20.1. The van der Waals surface area contributed by atoms with E-state index in [0.717, 1.165) is 55.7 Å². The Hall–Kier alpha value is -1.78. The molecule has 1 amide bonds. The Morgan fingerprint density at radius 1 is 1.19 bits per heavy atom. The fraction of sp³-hybridized carbons (Fsp3) is 0.400. The molecule has 1 saturated heterocycles. The Morgan fingerprint density at radius 3 is 2.81 bits per heavy atom. The zero-order valence-corrected chi connectivity index (χ0v) is 15.9. The fourth-order valence-electron chi connectivity index (χ4n) is 3.61. The number of amides is 1. The van der Waals surface area contributed by atoms with Crippen molar-refractivity contribution < 1.29 is 4.79 Å². The third-order valence-corrected chi connectivity index (χ3v) is 5.59. The van der Waals surface area contributed by atoms with Crippen LogP contribution in [0.15, 0.2) is 36.5 Å². The van der Waals surface area contributed by atoms with Crippen LogP contribution >= 0.6 is 23.2 Å². The molecule has 2 aliphatic rings. The van der Waals surface area contributed by atoms with Gasteiger partial charge in [0.15, 0.2) is 0 Å². The van der Waals surface area contributed by atoms with Crippen LogP contribution in [-0.4, -0.2) is 30.0 Å². The van der Waals surface area contributed by atoms with E-state index in [2.05, 4.69) is 15.2 Å². The molecule has 1 aliphatic carbocycles. The molecule has 1 aromatic carbocycles. The molecule has 2 fully saturated rings. The van der Waals surface area contributed by atoms with Gasteiger partial charge >= 0.3 is 0 Å². The molecule has 1 atom stereocenters. The van der Waals surface area contributed by atoms with Crippen molar-refractivity contribution in [3.63, 3.8) is 0 Å². The van der Waals surface area contributed by atoms with Crippen LogP contribution in [0.3, 0.4) is 0 Å². The lowest BCUT2D eigenvalue weighted by Crippen LogP contribution is -2.48. The van der Waals surface area contributed by atoms with Crippen molar-refractivity contribution >= 4 is 34.8 Å². The second kappa shape index (κ2) is 7.45. The smallest absolute Gasteiger partial charge is 0.253 e. The van der Waals surface area contributed by atoms with Gasteiger partial charge in [0.25, 0.3) is 5.91 Å². The number of halogens is 2. The standard InChI is InChI=1S/C20H21Cl2N3O/c21-14-7-8-18(17(22)11-14)25-10-2-3-15(12-25)24-20(26)16-4-1-9-23-19(16)13-5-6-13/h1,4,7-9,11,13,15H,2-3,5-6,10,12H2,(H,24,26). The maximum atomic E-state index is 12.8. The van der Waals surface area contributed by atoms with Gasteiger partial charge in [0.05, 0.1) is 22.0 Å². The molecule has 1 unspecified atom stereocenters. The first-order chi connectivity index (χ1) is 12.6. The molecule has 1 aromatic heterocycles. The molecule has 26 heavy (non-hydrogen) atoms. The molecule has 4 nitrogen and oxygen atoms in total. The Kier molecular flexibility index (Phi) is 5.05. The highest BCUT2D eigenvalue weighted by Crippen LogP contribution is 2.40. The number of benzene rings is 1. The van der Waals surface area contributed by atoms with E-state index in [1.807, 2.05) is 24.3 Å². The summed E-state index contributed by atoms with van der Waals surface area (Å²) >= 11 is 12.4. The minimum absolute atomic E-state index is 0.0194. The van der Waals surface area contributed by atoms with E-state index in [-0.39, 0.29) is 11.9 Å². The molecular formula is C20H21Cl2N3O. The molecule has 2 heterocycles. The molecule has 4 rings (SSSR count). The largest absolute Gasteiger partial charge is 0.368 e. The number of nitrogens with zero attached hydrogens (tertiary/aromatic N) is 2. The predicted octanol–water partition coefficient (Wildman–Crippen LogP) is 4.66. The summed E-state index contributed by atoms with van der Waals surface area (Å²) in [5.74, 6) is 0.432. The number of pyridine rings is 1. The van der Waals surface area contributed by atoms with Crippen LogP contribution in [0.2, 0.25) is 10.0 Å². The minimum Gasteiger partial charge on any atom is -0.368 e. The molecule has 1 aliphatic heterocycles. The number of hydrogen-bond donors (Lipinski definition) is 1. The summed E-state index contributed by atoms with van der Waals surface area (Å²) in [4.78, 5) is 19.5. The average molecular weight is 390 g/mol. The summed E-state index contributed by atoms with van der Waals surface area (Å²) in [6, 6.07) is 9.37. The summed E-state index contributed by atoms with van der Waals surface area (Å²) in [6.45, 7) is 1.67. The van der Waals surface area contributed by atoms with E-state index >= 15 is 0 Å². The third kappa shape index (κ3) is 3.81. The van der Waals surface area contributed by atoms with Crippen molar-refractivity contribution in [2.45, 2.75) is 37.6 Å². The molecule has 0 spiro atoms. The highest BCUT2D eigenvalue weighted by molar-refractivity contribution is 6.36. The lowest BCUT2D eigenvalue weighted by molar-refractivity contribution is 0.0931. The minimum atomic E-state index is -0.0194. The molecule has 1 N–H and O–H groups in total. The molecule has 1 saturated carbocycles. The topological polar surface area (TPSA) is 45.2 Å². The van der Waals surface area contributed by atoms with E-state index in [9.17, 15) is 4.79 Å². The van der Waals surface area contributed by atoms with Crippen molar-refractivity contribution in [1.82, 2.24) is 10.3 Å². The van der Waals surface area contributed by atoms with Crippen molar-refractivity contribution in [2.24, 2.45) is 0 Å². The Bertz CT molecular complexity index is 822. The SMILES string of the molecule is O=C(NC1CCCN(c2ccc(Cl)cc2Cl)C1)c1cccnc1C1CC1. The zero-order valence-electron chi connectivity index (χ0n) is 14.4. The van der Waals surface area contributed by atoms with Crippen molar-refractivity contribution in [3.8, 4) is 0 Å². The number of piperidine rings is 1.